The fourth-order valence-electron chi connectivity index (χ4n) is 2.75. The average Bonchev–Trinajstić information content (AvgIpc) is 2.67. The molecule has 1 saturated heterocycles. The second kappa shape index (κ2) is 3.73. The van der Waals surface area contributed by atoms with Crippen LogP contribution in [0.2, 0.25) is 0 Å². The first kappa shape index (κ1) is 11.9. The standard InChI is InChI=1S/C13H24N2O/c1-6-10-14-11(8(2)3)12(16)15(10)9-7-13(9,4)5/h8-11,14H,6-7H2,1-5H3. The molecule has 1 aliphatic carbocycles. The molecule has 0 bridgehead atoms. The molecule has 0 aromatic heterocycles. The van der Waals surface area contributed by atoms with Gasteiger partial charge < -0.3 is 4.90 Å². The van der Waals surface area contributed by atoms with Crippen LogP contribution in [0.5, 0.6) is 0 Å². The molecule has 1 amide bonds. The van der Waals surface area contributed by atoms with Crippen LogP contribution in [0.25, 0.3) is 0 Å². The summed E-state index contributed by atoms with van der Waals surface area (Å²) in [7, 11) is 0. The zero-order valence-electron chi connectivity index (χ0n) is 11.1. The molecule has 1 aliphatic heterocycles. The molecule has 1 saturated carbocycles. The summed E-state index contributed by atoms with van der Waals surface area (Å²) in [6, 6.07) is 0.488. The number of nitrogens with one attached hydrogen (secondary N) is 1. The highest BCUT2D eigenvalue weighted by Crippen LogP contribution is 2.50. The van der Waals surface area contributed by atoms with Crippen LogP contribution < -0.4 is 5.32 Å². The highest BCUT2D eigenvalue weighted by molar-refractivity contribution is 5.85. The Morgan fingerprint density at radius 1 is 1.50 bits per heavy atom. The predicted octanol–water partition coefficient (Wildman–Crippen LogP) is 1.98. The summed E-state index contributed by atoms with van der Waals surface area (Å²) >= 11 is 0. The highest BCUT2D eigenvalue weighted by Gasteiger charge is 2.56. The minimum atomic E-state index is 0.0290. The molecule has 3 nitrogen and oxygen atoms in total. The van der Waals surface area contributed by atoms with Crippen molar-refractivity contribution in [2.24, 2.45) is 11.3 Å². The van der Waals surface area contributed by atoms with Crippen molar-refractivity contribution in [1.29, 1.82) is 0 Å². The van der Waals surface area contributed by atoms with Crippen molar-refractivity contribution < 1.29 is 4.79 Å². The van der Waals surface area contributed by atoms with Crippen molar-refractivity contribution in [2.45, 2.75) is 65.7 Å². The topological polar surface area (TPSA) is 32.3 Å². The molecule has 0 aromatic carbocycles. The fourth-order valence-corrected chi connectivity index (χ4v) is 2.75. The van der Waals surface area contributed by atoms with E-state index in [1.54, 1.807) is 0 Å². The number of hydrogen-bond acceptors (Lipinski definition) is 2. The smallest absolute Gasteiger partial charge is 0.241 e. The average molecular weight is 224 g/mol. The third kappa shape index (κ3) is 1.75. The van der Waals surface area contributed by atoms with E-state index in [1.807, 2.05) is 0 Å². The molecule has 0 spiro atoms. The van der Waals surface area contributed by atoms with Crippen LogP contribution in [0, 0.1) is 11.3 Å². The zero-order chi connectivity index (χ0) is 12.1. The van der Waals surface area contributed by atoms with Gasteiger partial charge in [0.05, 0.1) is 12.2 Å². The summed E-state index contributed by atoms with van der Waals surface area (Å²) in [5, 5.41) is 3.48. The molecule has 2 fully saturated rings. The van der Waals surface area contributed by atoms with Crippen LogP contribution in [0.3, 0.4) is 0 Å². The number of rotatable bonds is 3. The van der Waals surface area contributed by atoms with Crippen molar-refractivity contribution in [3.8, 4) is 0 Å². The van der Waals surface area contributed by atoms with Crippen LogP contribution in [0.1, 0.15) is 47.5 Å². The Kier molecular flexibility index (Phi) is 2.77. The third-order valence-corrected chi connectivity index (χ3v) is 4.08. The van der Waals surface area contributed by atoms with Crippen LogP contribution in [0.4, 0.5) is 0 Å². The minimum Gasteiger partial charge on any atom is -0.322 e. The molecule has 0 radical (unpaired) electrons. The van der Waals surface area contributed by atoms with E-state index in [-0.39, 0.29) is 12.2 Å². The van der Waals surface area contributed by atoms with Crippen LogP contribution in [0.15, 0.2) is 0 Å². The van der Waals surface area contributed by atoms with E-state index in [9.17, 15) is 4.79 Å². The maximum absolute atomic E-state index is 12.3. The molecule has 2 aliphatic rings. The maximum Gasteiger partial charge on any atom is 0.241 e. The van der Waals surface area contributed by atoms with Crippen LogP contribution in [-0.4, -0.2) is 29.1 Å². The molecular formula is C13H24N2O. The number of hydrogen-bond donors (Lipinski definition) is 1. The van der Waals surface area contributed by atoms with Gasteiger partial charge in [0.1, 0.15) is 0 Å². The number of amides is 1. The molecule has 1 N–H and O–H groups in total. The summed E-state index contributed by atoms with van der Waals surface area (Å²) in [5.41, 5.74) is 0.330. The first-order valence-corrected chi connectivity index (χ1v) is 6.46. The lowest BCUT2D eigenvalue weighted by molar-refractivity contribution is -0.131. The van der Waals surface area contributed by atoms with Crippen molar-refractivity contribution in [1.82, 2.24) is 10.2 Å². The Morgan fingerprint density at radius 2 is 2.06 bits per heavy atom. The first-order valence-electron chi connectivity index (χ1n) is 6.46. The Bertz CT molecular complexity index is 298. The maximum atomic E-state index is 12.3. The molecule has 2 rings (SSSR count). The predicted molar refractivity (Wildman–Crippen MR) is 64.9 cm³/mol. The molecule has 16 heavy (non-hydrogen) atoms. The second-order valence-corrected chi connectivity index (χ2v) is 6.27. The molecule has 92 valence electrons. The van der Waals surface area contributed by atoms with Crippen molar-refractivity contribution >= 4 is 5.91 Å². The first-order chi connectivity index (χ1) is 7.38. The van der Waals surface area contributed by atoms with Crippen molar-refractivity contribution in [2.75, 3.05) is 0 Å². The van der Waals surface area contributed by atoms with E-state index in [0.717, 1.165) is 12.8 Å². The lowest BCUT2D eigenvalue weighted by Crippen LogP contribution is -2.40. The quantitative estimate of drug-likeness (QED) is 0.795. The SMILES string of the molecule is CCC1NC(C(C)C)C(=O)N1C1CC1(C)C. The summed E-state index contributed by atoms with van der Waals surface area (Å²) in [5.74, 6) is 0.700. The van der Waals surface area contributed by atoms with Gasteiger partial charge in [-0.2, -0.15) is 0 Å². The van der Waals surface area contributed by atoms with Gasteiger partial charge in [-0.05, 0) is 24.2 Å². The van der Waals surface area contributed by atoms with E-state index in [0.29, 0.717) is 23.3 Å². The Hall–Kier alpha value is -0.570. The monoisotopic (exact) mass is 224 g/mol. The minimum absolute atomic E-state index is 0.0290. The normalized spacial score (nSPS) is 37.2. The molecule has 0 aromatic rings. The van der Waals surface area contributed by atoms with Gasteiger partial charge in [-0.25, -0.2) is 0 Å². The van der Waals surface area contributed by atoms with E-state index < -0.39 is 0 Å². The number of nitrogens with zero attached hydrogens (tertiary/aromatic N) is 1. The van der Waals surface area contributed by atoms with Crippen molar-refractivity contribution in [3.05, 3.63) is 0 Å². The number of carbonyl (C=O) groups excluding carboxylic acids is 1. The van der Waals surface area contributed by atoms with Crippen molar-refractivity contribution in [3.63, 3.8) is 0 Å². The Balaban J connectivity index is 2.14. The van der Waals surface area contributed by atoms with E-state index in [4.69, 9.17) is 0 Å². The van der Waals surface area contributed by atoms with Crippen LogP contribution >= 0.6 is 0 Å². The summed E-state index contributed by atoms with van der Waals surface area (Å²) in [6.07, 6.45) is 2.41. The molecule has 3 atom stereocenters. The third-order valence-electron chi connectivity index (χ3n) is 4.08. The summed E-state index contributed by atoms with van der Waals surface area (Å²) in [4.78, 5) is 14.5. The molecule has 3 heteroatoms. The Morgan fingerprint density at radius 3 is 2.44 bits per heavy atom. The van der Waals surface area contributed by atoms with Gasteiger partial charge >= 0.3 is 0 Å². The highest BCUT2D eigenvalue weighted by atomic mass is 16.2. The van der Waals surface area contributed by atoms with Crippen LogP contribution in [-0.2, 0) is 4.79 Å². The molecular weight excluding hydrogens is 200 g/mol. The summed E-state index contributed by atoms with van der Waals surface area (Å²) in [6.45, 7) is 10.9. The van der Waals surface area contributed by atoms with E-state index >= 15 is 0 Å². The van der Waals surface area contributed by atoms with Gasteiger partial charge in [0.15, 0.2) is 0 Å². The lowest BCUT2D eigenvalue weighted by Gasteiger charge is -2.24. The van der Waals surface area contributed by atoms with Gasteiger partial charge in [-0.15, -0.1) is 0 Å². The van der Waals surface area contributed by atoms with E-state index in [2.05, 4.69) is 44.8 Å². The van der Waals surface area contributed by atoms with Gasteiger partial charge in [-0.1, -0.05) is 34.6 Å². The molecule has 1 heterocycles. The second-order valence-electron chi connectivity index (χ2n) is 6.27. The lowest BCUT2D eigenvalue weighted by atomic mass is 10.0. The van der Waals surface area contributed by atoms with Gasteiger partial charge in [0, 0.05) is 6.04 Å². The number of carbonyl (C=O) groups is 1. The largest absolute Gasteiger partial charge is 0.322 e. The fraction of sp³-hybridized carbons (Fsp3) is 0.923. The zero-order valence-corrected chi connectivity index (χ0v) is 11.1. The molecule has 3 unspecified atom stereocenters. The van der Waals surface area contributed by atoms with Gasteiger partial charge in [0.2, 0.25) is 5.91 Å². The summed E-state index contributed by atoms with van der Waals surface area (Å²) < 4.78 is 0. The Labute approximate surface area is 98.6 Å². The van der Waals surface area contributed by atoms with E-state index in [1.165, 1.54) is 0 Å². The van der Waals surface area contributed by atoms with Gasteiger partial charge in [0.25, 0.3) is 0 Å². The van der Waals surface area contributed by atoms with Gasteiger partial charge in [-0.3, -0.25) is 10.1 Å².